The highest BCUT2D eigenvalue weighted by Crippen LogP contribution is 2.52. The van der Waals surface area contributed by atoms with E-state index >= 15 is 0 Å². The highest BCUT2D eigenvalue weighted by molar-refractivity contribution is 7.00. The summed E-state index contributed by atoms with van der Waals surface area (Å²) in [6.07, 6.45) is 2.90. The number of hydrogen-bond acceptors (Lipinski definition) is 3. The van der Waals surface area contributed by atoms with E-state index in [9.17, 15) is 0 Å². The summed E-state index contributed by atoms with van der Waals surface area (Å²) in [5.41, 5.74) is 26.0. The van der Waals surface area contributed by atoms with Gasteiger partial charge >= 0.3 is 0 Å². The summed E-state index contributed by atoms with van der Waals surface area (Å²) >= 11 is 0. The van der Waals surface area contributed by atoms with Crippen LogP contribution >= 0.6 is 0 Å². The van der Waals surface area contributed by atoms with Crippen LogP contribution in [-0.4, -0.2) is 15.8 Å². The number of anilines is 6. The monoisotopic (exact) mass is 1390 g/mol. The van der Waals surface area contributed by atoms with E-state index in [-0.39, 0.29) is 23.0 Å². The van der Waals surface area contributed by atoms with Gasteiger partial charge in [0.05, 0.1) is 16.6 Å². The lowest BCUT2D eigenvalue weighted by Crippen LogP contribution is -2.61. The van der Waals surface area contributed by atoms with Crippen LogP contribution in [0.2, 0.25) is 0 Å². The normalized spacial score (nSPS) is 13.3. The van der Waals surface area contributed by atoms with Crippen LogP contribution in [0.25, 0.3) is 148 Å². The van der Waals surface area contributed by atoms with Gasteiger partial charge < -0.3 is 23.4 Å². The molecule has 3 aromatic heterocycles. The molecule has 16 aromatic carbocycles. The molecule has 5 nitrogen and oxygen atoms in total. The zero-order valence-electron chi connectivity index (χ0n) is 62.8. The highest BCUT2D eigenvalue weighted by Gasteiger charge is 2.45. The Morgan fingerprint density at radius 3 is 1.17 bits per heavy atom. The van der Waals surface area contributed by atoms with Crippen molar-refractivity contribution in [3.63, 3.8) is 0 Å². The minimum Gasteiger partial charge on any atom is -0.455 e. The molecule has 5 heterocycles. The van der Waals surface area contributed by atoms with Gasteiger partial charge in [0, 0.05) is 89.3 Å². The van der Waals surface area contributed by atoms with Crippen molar-refractivity contribution in [3.8, 4) is 22.5 Å². The number of nitrogens with zero attached hydrogens (tertiary/aromatic N) is 4. The average Bonchev–Trinajstić information content (AvgIpc) is 1.06. The van der Waals surface area contributed by atoms with Crippen molar-refractivity contribution in [2.45, 2.75) is 91.9 Å². The second-order valence-electron chi connectivity index (χ2n) is 33.5. The quantitative estimate of drug-likeness (QED) is 0.118. The lowest BCUT2D eigenvalue weighted by Gasteiger charge is -2.45. The molecule has 21 rings (SSSR count). The van der Waals surface area contributed by atoms with Crippen LogP contribution in [0.4, 0.5) is 34.1 Å². The molecular formula is C102H81BN4O. The molecule has 2 aliphatic rings. The van der Waals surface area contributed by atoms with Crippen LogP contribution in [0.1, 0.15) is 97.2 Å². The first-order valence-corrected chi connectivity index (χ1v) is 38.4. The largest absolute Gasteiger partial charge is 0.455 e. The smallest absolute Gasteiger partial charge is 0.252 e. The Bertz CT molecular complexity index is 7010. The van der Waals surface area contributed by atoms with Gasteiger partial charge in [0.1, 0.15) is 11.2 Å². The van der Waals surface area contributed by atoms with Crippen molar-refractivity contribution in [3.05, 3.63) is 314 Å². The topological polar surface area (TPSA) is 29.5 Å². The Morgan fingerprint density at radius 2 is 0.722 bits per heavy atom. The van der Waals surface area contributed by atoms with Crippen molar-refractivity contribution < 1.29 is 4.42 Å². The fraction of sp³-hybridized carbons (Fsp3) is 0.137. The molecule has 0 atom stereocenters. The van der Waals surface area contributed by atoms with Crippen molar-refractivity contribution in [1.82, 2.24) is 9.13 Å². The number of furan rings is 1. The molecule has 19 aromatic rings. The minimum absolute atomic E-state index is 0.0497. The molecule has 0 bridgehead atoms. The molecule has 0 fully saturated rings. The molecule has 0 saturated heterocycles. The summed E-state index contributed by atoms with van der Waals surface area (Å²) < 4.78 is 12.3. The van der Waals surface area contributed by atoms with Crippen molar-refractivity contribution in [2.24, 2.45) is 0 Å². The van der Waals surface area contributed by atoms with E-state index in [0.717, 1.165) is 85.0 Å². The third kappa shape index (κ3) is 9.32. The Balaban J connectivity index is 0.913. The molecule has 0 saturated carbocycles. The van der Waals surface area contributed by atoms with Gasteiger partial charge in [-0.25, -0.2) is 0 Å². The van der Waals surface area contributed by atoms with Crippen LogP contribution in [0, 0.1) is 0 Å². The Hall–Kier alpha value is -12.4. The van der Waals surface area contributed by atoms with Gasteiger partial charge in [0.2, 0.25) is 0 Å². The van der Waals surface area contributed by atoms with E-state index in [4.69, 9.17) is 4.42 Å². The number of fused-ring (bicyclic) bond motifs is 23. The first-order valence-electron chi connectivity index (χ1n) is 38.4. The summed E-state index contributed by atoms with van der Waals surface area (Å²) in [6, 6.07) is 107. The highest BCUT2D eigenvalue weighted by atomic mass is 16.3. The molecule has 518 valence electrons. The SMILES string of the molecule is C=Cc1c(CC)n(-c2ccc3c(c2)N(c2ccc4c5ccccc5c5ccccc5c4c2)c2cc(-c4cccc5c4oc4ccccc45)cc4c2B3c2ccc(-n3c5ccc(C(C)(C)C)cc5c5cc(C(C)(C)C)ccc53)cc2N4c2ccc3c4ccccc4c4ccccc4c3c2)c2ccc(C(C)(C)C)cc12. The number of benzene rings is 16. The summed E-state index contributed by atoms with van der Waals surface area (Å²) in [7, 11) is 0. The van der Waals surface area contributed by atoms with Gasteiger partial charge in [-0.05, 0) is 229 Å². The molecule has 2 aliphatic heterocycles. The second-order valence-corrected chi connectivity index (χ2v) is 33.5. The van der Waals surface area contributed by atoms with E-state index < -0.39 is 0 Å². The molecule has 0 N–H and O–H groups in total. The van der Waals surface area contributed by atoms with Gasteiger partial charge in [-0.1, -0.05) is 258 Å². The van der Waals surface area contributed by atoms with E-state index in [2.05, 4.69) is 380 Å². The summed E-state index contributed by atoms with van der Waals surface area (Å²) in [6.45, 7) is 27.5. The fourth-order valence-electron chi connectivity index (χ4n) is 18.9. The maximum atomic E-state index is 7.17. The first-order chi connectivity index (χ1) is 52.4. The van der Waals surface area contributed by atoms with Crippen LogP contribution in [-0.2, 0) is 22.7 Å². The zero-order valence-corrected chi connectivity index (χ0v) is 62.8. The Kier molecular flexibility index (Phi) is 13.7. The van der Waals surface area contributed by atoms with Gasteiger partial charge in [-0.3, -0.25) is 0 Å². The molecule has 0 unspecified atom stereocenters. The van der Waals surface area contributed by atoms with Gasteiger partial charge in [-0.15, -0.1) is 0 Å². The van der Waals surface area contributed by atoms with E-state index in [1.54, 1.807) is 0 Å². The summed E-state index contributed by atoms with van der Waals surface area (Å²) in [5, 5.41) is 20.7. The van der Waals surface area contributed by atoms with Crippen LogP contribution in [0.15, 0.2) is 290 Å². The van der Waals surface area contributed by atoms with Gasteiger partial charge in [0.25, 0.3) is 6.71 Å². The van der Waals surface area contributed by atoms with E-state index in [1.165, 1.54) is 142 Å². The van der Waals surface area contributed by atoms with E-state index in [0.29, 0.717) is 0 Å². The Labute approximate surface area is 629 Å². The van der Waals surface area contributed by atoms with Gasteiger partial charge in [0.15, 0.2) is 0 Å². The molecule has 0 spiro atoms. The zero-order chi connectivity index (χ0) is 73.1. The summed E-state index contributed by atoms with van der Waals surface area (Å²) in [5.74, 6) is 0. The van der Waals surface area contributed by atoms with Crippen molar-refractivity contribution >= 4 is 183 Å². The molecule has 0 amide bonds. The number of aromatic nitrogens is 2. The first kappa shape index (κ1) is 64.0. The molecule has 108 heavy (non-hydrogen) atoms. The van der Waals surface area contributed by atoms with Crippen molar-refractivity contribution in [2.75, 3.05) is 9.80 Å². The van der Waals surface area contributed by atoms with Crippen molar-refractivity contribution in [1.29, 1.82) is 0 Å². The lowest BCUT2D eigenvalue weighted by atomic mass is 9.33. The average molecular weight is 1390 g/mol. The van der Waals surface area contributed by atoms with Gasteiger partial charge in [-0.2, -0.15) is 0 Å². The maximum Gasteiger partial charge on any atom is 0.252 e. The van der Waals surface area contributed by atoms with Crippen LogP contribution < -0.4 is 26.2 Å². The second kappa shape index (κ2) is 23.1. The third-order valence-electron chi connectivity index (χ3n) is 24.3. The third-order valence-corrected chi connectivity index (χ3v) is 24.3. The molecular weight excluding hydrogens is 1310 g/mol. The number of para-hydroxylation sites is 2. The standard InChI is InChI=1S/C102H81BN4O/c1-12-68-84-53-61(100(3,4)5)37-48-90(84)104(89(68)13-2)66-42-46-87-93(58-66)106(64-40-44-78-74-29-16-14-25-70(74)72-27-18-20-31-76(72)82(78)56-64)95-51-60(69-34-24-35-81-80-33-22-23-36-97(80)108-99(69)81)52-96-98(95)103(87)88-47-43-67(105-91-49-38-62(101(6,7)8)54-85(91)86-55-63(102(9,10)11)39-50-92(86)105)59-94(88)107(96)65-41-45-79-75-30-17-15-26-71(75)73-28-19-21-32-77(73)83(79)57-65/h12,14-59H,1,13H2,2-11H3. The molecule has 0 radical (unpaired) electrons. The predicted octanol–water partition coefficient (Wildman–Crippen LogP) is 26.4. The maximum absolute atomic E-state index is 7.17. The summed E-state index contributed by atoms with van der Waals surface area (Å²) in [4.78, 5) is 5.28. The number of rotatable bonds is 7. The van der Waals surface area contributed by atoms with Crippen LogP contribution in [0.5, 0.6) is 0 Å². The Morgan fingerprint density at radius 1 is 0.333 bits per heavy atom. The molecule has 6 heteroatoms. The molecule has 0 aliphatic carbocycles. The predicted molar refractivity (Wildman–Crippen MR) is 465 cm³/mol. The van der Waals surface area contributed by atoms with Crippen LogP contribution in [0.3, 0.4) is 0 Å². The lowest BCUT2D eigenvalue weighted by molar-refractivity contribution is 0.590. The fourth-order valence-corrected chi connectivity index (χ4v) is 18.9. The van der Waals surface area contributed by atoms with E-state index in [1.807, 2.05) is 0 Å². The minimum atomic E-state index is -0.242. The number of hydrogen-bond donors (Lipinski definition) is 0.